The number of amides is 2. The number of benzene rings is 2. The van der Waals surface area contributed by atoms with E-state index in [-0.39, 0.29) is 24.8 Å². The number of anilines is 1. The van der Waals surface area contributed by atoms with Gasteiger partial charge in [0.2, 0.25) is 5.91 Å². The molecule has 7 heteroatoms. The predicted molar refractivity (Wildman–Crippen MR) is 123 cm³/mol. The Balaban J connectivity index is 1.60. The summed E-state index contributed by atoms with van der Waals surface area (Å²) < 4.78 is 1.53. The van der Waals surface area contributed by atoms with Crippen molar-refractivity contribution in [1.82, 2.24) is 4.90 Å². The van der Waals surface area contributed by atoms with E-state index < -0.39 is 0 Å². The molecule has 0 aromatic heterocycles. The molecule has 2 aromatic rings. The molecule has 138 valence electrons. The molecule has 0 unspecified atom stereocenters. The third-order valence-electron chi connectivity index (χ3n) is 3.92. The lowest BCUT2D eigenvalue weighted by Gasteiger charge is -2.14. The lowest BCUT2D eigenvalue weighted by molar-refractivity contribution is -0.122. The fraction of sp³-hybridized carbons (Fsp3) is 0.150. The van der Waals surface area contributed by atoms with Gasteiger partial charge in [-0.3, -0.25) is 14.5 Å². The fourth-order valence-corrected chi connectivity index (χ4v) is 4.36. The maximum Gasteiger partial charge on any atom is 0.266 e. The Morgan fingerprint density at radius 2 is 2.00 bits per heavy atom. The Hall–Kier alpha value is -1.71. The van der Waals surface area contributed by atoms with Crippen LogP contribution >= 0.6 is 46.6 Å². The van der Waals surface area contributed by atoms with Gasteiger partial charge in [-0.05, 0) is 59.4 Å². The van der Waals surface area contributed by atoms with Crippen LogP contribution in [0.2, 0.25) is 0 Å². The topological polar surface area (TPSA) is 49.4 Å². The Labute approximate surface area is 181 Å². The van der Waals surface area contributed by atoms with Gasteiger partial charge < -0.3 is 5.32 Å². The summed E-state index contributed by atoms with van der Waals surface area (Å²) in [7, 11) is 0. The highest BCUT2D eigenvalue weighted by Crippen LogP contribution is 2.32. The number of thioether (sulfide) groups is 1. The molecule has 1 N–H and O–H groups in total. The quantitative estimate of drug-likeness (QED) is 0.357. The van der Waals surface area contributed by atoms with Crippen molar-refractivity contribution in [1.29, 1.82) is 0 Å². The van der Waals surface area contributed by atoms with Crippen molar-refractivity contribution in [2.45, 2.75) is 13.3 Å². The average molecular weight is 508 g/mol. The number of hydrogen-bond acceptors (Lipinski definition) is 4. The van der Waals surface area contributed by atoms with Gasteiger partial charge in [-0.15, -0.1) is 0 Å². The number of halogens is 1. The van der Waals surface area contributed by atoms with E-state index in [0.29, 0.717) is 9.23 Å². The van der Waals surface area contributed by atoms with Gasteiger partial charge in [-0.25, -0.2) is 0 Å². The molecule has 0 saturated carbocycles. The number of carbonyl (C=O) groups is 2. The van der Waals surface area contributed by atoms with E-state index in [0.717, 1.165) is 14.8 Å². The molecule has 1 heterocycles. The van der Waals surface area contributed by atoms with Crippen LogP contribution in [0.3, 0.4) is 0 Å². The van der Waals surface area contributed by atoms with E-state index in [2.05, 4.69) is 27.9 Å². The van der Waals surface area contributed by atoms with Gasteiger partial charge in [-0.2, -0.15) is 0 Å². The number of aryl methyl sites for hydroxylation is 1. The van der Waals surface area contributed by atoms with E-state index in [9.17, 15) is 9.59 Å². The Morgan fingerprint density at radius 3 is 2.70 bits per heavy atom. The Kier molecular flexibility index (Phi) is 6.67. The average Bonchev–Trinajstić information content (AvgIpc) is 2.88. The molecule has 0 radical (unpaired) electrons. The highest BCUT2D eigenvalue weighted by atomic mass is 127. The van der Waals surface area contributed by atoms with E-state index in [1.807, 2.05) is 61.5 Å². The fourth-order valence-electron chi connectivity index (χ4n) is 2.51. The van der Waals surface area contributed by atoms with Crippen LogP contribution in [-0.2, 0) is 9.59 Å². The van der Waals surface area contributed by atoms with Gasteiger partial charge in [0.25, 0.3) is 5.91 Å². The molecule has 1 aliphatic heterocycles. The lowest BCUT2D eigenvalue weighted by atomic mass is 10.1. The summed E-state index contributed by atoms with van der Waals surface area (Å²) in [5, 5.41) is 2.85. The van der Waals surface area contributed by atoms with Crippen molar-refractivity contribution in [3.05, 3.63) is 68.1 Å². The Bertz CT molecular complexity index is 926. The number of rotatable bonds is 5. The summed E-state index contributed by atoms with van der Waals surface area (Å²) in [6, 6.07) is 15.5. The molecule has 2 aromatic carbocycles. The molecule has 3 rings (SSSR count). The van der Waals surface area contributed by atoms with Crippen LogP contribution in [0.15, 0.2) is 53.4 Å². The zero-order valence-electron chi connectivity index (χ0n) is 14.6. The van der Waals surface area contributed by atoms with Gasteiger partial charge in [-0.1, -0.05) is 59.9 Å². The second kappa shape index (κ2) is 8.99. The summed E-state index contributed by atoms with van der Waals surface area (Å²) in [5.74, 6) is -0.291. The van der Waals surface area contributed by atoms with Gasteiger partial charge in [0.15, 0.2) is 0 Å². The molecule has 0 bridgehead atoms. The summed E-state index contributed by atoms with van der Waals surface area (Å²) in [6.45, 7) is 2.29. The SMILES string of the molecule is Cc1ccc(C=C2SC(=S)N(CCC(=O)Nc3cccc(I)c3)C2=O)cc1. The van der Waals surface area contributed by atoms with Crippen molar-refractivity contribution in [2.75, 3.05) is 11.9 Å². The number of nitrogens with zero attached hydrogens (tertiary/aromatic N) is 1. The maximum atomic E-state index is 12.6. The summed E-state index contributed by atoms with van der Waals surface area (Å²) in [4.78, 5) is 26.9. The van der Waals surface area contributed by atoms with Gasteiger partial charge >= 0.3 is 0 Å². The molecular weight excluding hydrogens is 491 g/mol. The summed E-state index contributed by atoms with van der Waals surface area (Å²) >= 11 is 8.79. The first-order valence-corrected chi connectivity index (χ1v) is 10.6. The van der Waals surface area contributed by atoms with Crippen molar-refractivity contribution in [2.24, 2.45) is 0 Å². The number of thiocarbonyl (C=S) groups is 1. The van der Waals surface area contributed by atoms with Gasteiger partial charge in [0.1, 0.15) is 4.32 Å². The van der Waals surface area contributed by atoms with E-state index in [4.69, 9.17) is 12.2 Å². The first-order chi connectivity index (χ1) is 12.9. The van der Waals surface area contributed by atoms with Crippen LogP contribution in [-0.4, -0.2) is 27.6 Å². The minimum atomic E-state index is -0.146. The zero-order valence-corrected chi connectivity index (χ0v) is 18.4. The first kappa shape index (κ1) is 20.0. The van der Waals surface area contributed by atoms with Gasteiger partial charge in [0.05, 0.1) is 4.91 Å². The van der Waals surface area contributed by atoms with Crippen LogP contribution in [0.5, 0.6) is 0 Å². The van der Waals surface area contributed by atoms with Gasteiger partial charge in [0, 0.05) is 22.2 Å². The third kappa shape index (κ3) is 5.40. The zero-order chi connectivity index (χ0) is 19.4. The largest absolute Gasteiger partial charge is 0.326 e. The second-order valence-electron chi connectivity index (χ2n) is 6.05. The van der Waals surface area contributed by atoms with E-state index in [1.165, 1.54) is 22.2 Å². The lowest BCUT2D eigenvalue weighted by Crippen LogP contribution is -2.31. The van der Waals surface area contributed by atoms with E-state index in [1.54, 1.807) is 0 Å². The van der Waals surface area contributed by atoms with Crippen molar-refractivity contribution in [3.63, 3.8) is 0 Å². The highest BCUT2D eigenvalue weighted by Gasteiger charge is 2.32. The third-order valence-corrected chi connectivity index (χ3v) is 5.97. The monoisotopic (exact) mass is 508 g/mol. The molecule has 1 saturated heterocycles. The minimum Gasteiger partial charge on any atom is -0.326 e. The van der Waals surface area contributed by atoms with E-state index >= 15 is 0 Å². The van der Waals surface area contributed by atoms with Crippen molar-refractivity contribution >= 4 is 74.5 Å². The number of nitrogens with one attached hydrogen (secondary N) is 1. The second-order valence-corrected chi connectivity index (χ2v) is 8.97. The maximum absolute atomic E-state index is 12.6. The molecule has 2 amide bonds. The Morgan fingerprint density at radius 1 is 1.26 bits per heavy atom. The molecule has 4 nitrogen and oxygen atoms in total. The van der Waals surface area contributed by atoms with Crippen LogP contribution in [0, 0.1) is 10.5 Å². The smallest absolute Gasteiger partial charge is 0.266 e. The molecule has 0 spiro atoms. The summed E-state index contributed by atoms with van der Waals surface area (Å²) in [5.41, 5.74) is 2.87. The molecule has 1 aliphatic rings. The summed E-state index contributed by atoms with van der Waals surface area (Å²) in [6.07, 6.45) is 2.03. The van der Waals surface area contributed by atoms with Crippen LogP contribution < -0.4 is 5.32 Å². The number of hydrogen-bond donors (Lipinski definition) is 1. The normalized spacial score (nSPS) is 15.5. The molecular formula is C20H17IN2O2S2. The van der Waals surface area contributed by atoms with Crippen LogP contribution in [0.25, 0.3) is 6.08 Å². The predicted octanol–water partition coefficient (Wildman–Crippen LogP) is 4.83. The number of carbonyl (C=O) groups excluding carboxylic acids is 2. The van der Waals surface area contributed by atoms with Crippen molar-refractivity contribution < 1.29 is 9.59 Å². The molecule has 0 aliphatic carbocycles. The van der Waals surface area contributed by atoms with Crippen LogP contribution in [0.1, 0.15) is 17.5 Å². The van der Waals surface area contributed by atoms with Crippen LogP contribution in [0.4, 0.5) is 5.69 Å². The minimum absolute atomic E-state index is 0.145. The molecule has 1 fully saturated rings. The molecule has 0 atom stereocenters. The highest BCUT2D eigenvalue weighted by molar-refractivity contribution is 14.1. The molecule has 27 heavy (non-hydrogen) atoms. The standard InChI is InChI=1S/C20H17IN2O2S2/c1-13-5-7-14(8-6-13)11-17-19(25)23(20(26)27-17)10-9-18(24)22-16-4-2-3-15(21)12-16/h2-8,11-12H,9-10H2,1H3,(H,22,24). The first-order valence-electron chi connectivity index (χ1n) is 8.30. The van der Waals surface area contributed by atoms with Crippen molar-refractivity contribution in [3.8, 4) is 0 Å².